The molecule has 0 saturated heterocycles. The summed E-state index contributed by atoms with van der Waals surface area (Å²) in [4.78, 5) is 0. The van der Waals surface area contributed by atoms with E-state index in [-0.39, 0.29) is 5.92 Å². The summed E-state index contributed by atoms with van der Waals surface area (Å²) in [6, 6.07) is 5.85. The van der Waals surface area contributed by atoms with E-state index in [0.29, 0.717) is 18.4 Å². The largest absolute Gasteiger partial charge is 0.416 e. The van der Waals surface area contributed by atoms with Crippen LogP contribution in [0.4, 0.5) is 13.2 Å². The molecule has 0 spiro atoms. The smallest absolute Gasteiger partial charge is 0.166 e. The standard InChI is InChI=1S/C12H11F3/c13-12(14,15)11-8-4-3-7-10(11)9-5-1-2-6-9/h1-4,7-9H,5-6H2. The highest BCUT2D eigenvalue weighted by Gasteiger charge is 2.34. The number of hydrogen-bond acceptors (Lipinski definition) is 0. The lowest BCUT2D eigenvalue weighted by atomic mass is 9.92. The zero-order valence-corrected chi connectivity index (χ0v) is 8.09. The molecule has 0 radical (unpaired) electrons. The van der Waals surface area contributed by atoms with Crippen molar-refractivity contribution in [3.63, 3.8) is 0 Å². The molecule has 0 atom stereocenters. The van der Waals surface area contributed by atoms with Gasteiger partial charge in [0.1, 0.15) is 0 Å². The quantitative estimate of drug-likeness (QED) is 0.614. The predicted octanol–water partition coefficient (Wildman–Crippen LogP) is 4.14. The Kier molecular flexibility index (Phi) is 2.55. The zero-order chi connectivity index (χ0) is 10.9. The Morgan fingerprint density at radius 2 is 1.60 bits per heavy atom. The summed E-state index contributed by atoms with van der Waals surface area (Å²) >= 11 is 0. The molecular weight excluding hydrogens is 201 g/mol. The first-order chi connectivity index (χ1) is 7.09. The van der Waals surface area contributed by atoms with Crippen molar-refractivity contribution in [3.05, 3.63) is 47.5 Å². The molecule has 3 heteroatoms. The third kappa shape index (κ3) is 2.06. The van der Waals surface area contributed by atoms with Gasteiger partial charge in [0, 0.05) is 0 Å². The van der Waals surface area contributed by atoms with Gasteiger partial charge in [-0.3, -0.25) is 0 Å². The van der Waals surface area contributed by atoms with Gasteiger partial charge in [0.15, 0.2) is 0 Å². The van der Waals surface area contributed by atoms with E-state index < -0.39 is 11.7 Å². The van der Waals surface area contributed by atoms with Crippen LogP contribution in [0.2, 0.25) is 0 Å². The van der Waals surface area contributed by atoms with Crippen LogP contribution in [0.3, 0.4) is 0 Å². The van der Waals surface area contributed by atoms with E-state index in [1.54, 1.807) is 12.1 Å². The van der Waals surface area contributed by atoms with Crippen LogP contribution in [0.1, 0.15) is 29.9 Å². The number of benzene rings is 1. The van der Waals surface area contributed by atoms with Gasteiger partial charge in [-0.05, 0) is 30.4 Å². The average Bonchev–Trinajstić information content (AvgIpc) is 2.69. The molecule has 0 heterocycles. The van der Waals surface area contributed by atoms with E-state index in [4.69, 9.17) is 0 Å². The van der Waals surface area contributed by atoms with Crippen molar-refractivity contribution < 1.29 is 13.2 Å². The van der Waals surface area contributed by atoms with E-state index in [2.05, 4.69) is 0 Å². The van der Waals surface area contributed by atoms with Crippen LogP contribution < -0.4 is 0 Å². The Labute approximate surface area is 86.4 Å². The minimum atomic E-state index is -4.24. The first kappa shape index (κ1) is 10.3. The first-order valence-electron chi connectivity index (χ1n) is 4.90. The van der Waals surface area contributed by atoms with Crippen molar-refractivity contribution in [3.8, 4) is 0 Å². The molecule has 1 aromatic rings. The molecule has 1 aliphatic carbocycles. The third-order valence-corrected chi connectivity index (χ3v) is 2.71. The SMILES string of the molecule is FC(F)(F)c1ccccc1C1CC=CC1. The molecule has 0 unspecified atom stereocenters. The molecule has 0 aromatic heterocycles. The fourth-order valence-corrected chi connectivity index (χ4v) is 1.98. The third-order valence-electron chi connectivity index (χ3n) is 2.71. The van der Waals surface area contributed by atoms with Crippen molar-refractivity contribution in [2.75, 3.05) is 0 Å². The molecule has 0 saturated carbocycles. The zero-order valence-electron chi connectivity index (χ0n) is 8.09. The molecule has 0 nitrogen and oxygen atoms in total. The van der Waals surface area contributed by atoms with Crippen LogP contribution in [0.25, 0.3) is 0 Å². The second-order valence-corrected chi connectivity index (χ2v) is 3.72. The maximum absolute atomic E-state index is 12.7. The first-order valence-corrected chi connectivity index (χ1v) is 4.90. The Morgan fingerprint density at radius 3 is 2.20 bits per heavy atom. The van der Waals surface area contributed by atoms with Crippen LogP contribution in [0, 0.1) is 0 Å². The molecule has 0 N–H and O–H groups in total. The Balaban J connectivity index is 2.38. The molecule has 0 aliphatic heterocycles. The predicted molar refractivity (Wildman–Crippen MR) is 52.6 cm³/mol. The number of allylic oxidation sites excluding steroid dienone is 2. The molecule has 0 fully saturated rings. The Bertz CT molecular complexity index is 369. The molecule has 15 heavy (non-hydrogen) atoms. The van der Waals surface area contributed by atoms with Gasteiger partial charge in [0.05, 0.1) is 5.56 Å². The number of hydrogen-bond donors (Lipinski definition) is 0. The van der Waals surface area contributed by atoms with E-state index in [9.17, 15) is 13.2 Å². The number of halogens is 3. The van der Waals surface area contributed by atoms with Gasteiger partial charge in [-0.2, -0.15) is 13.2 Å². The van der Waals surface area contributed by atoms with Gasteiger partial charge in [-0.1, -0.05) is 30.4 Å². The summed E-state index contributed by atoms with van der Waals surface area (Å²) in [5.74, 6) is 0.00262. The maximum Gasteiger partial charge on any atom is 0.416 e. The van der Waals surface area contributed by atoms with Crippen molar-refractivity contribution in [2.24, 2.45) is 0 Å². The minimum absolute atomic E-state index is 0.00262. The highest BCUT2D eigenvalue weighted by Crippen LogP contribution is 2.39. The van der Waals surface area contributed by atoms with E-state index >= 15 is 0 Å². The highest BCUT2D eigenvalue weighted by atomic mass is 19.4. The van der Waals surface area contributed by atoms with Gasteiger partial charge in [-0.25, -0.2) is 0 Å². The van der Waals surface area contributed by atoms with Crippen molar-refractivity contribution in [1.29, 1.82) is 0 Å². The molecule has 1 aliphatic rings. The molecule has 0 amide bonds. The monoisotopic (exact) mass is 212 g/mol. The van der Waals surface area contributed by atoms with Crippen LogP contribution in [0.15, 0.2) is 36.4 Å². The molecule has 80 valence electrons. The summed E-state index contributed by atoms with van der Waals surface area (Å²) in [5, 5.41) is 0. The minimum Gasteiger partial charge on any atom is -0.166 e. The van der Waals surface area contributed by atoms with Gasteiger partial charge in [0.25, 0.3) is 0 Å². The fourth-order valence-electron chi connectivity index (χ4n) is 1.98. The van der Waals surface area contributed by atoms with E-state index in [1.165, 1.54) is 6.07 Å². The number of rotatable bonds is 1. The summed E-state index contributed by atoms with van der Waals surface area (Å²) in [6.45, 7) is 0. The second-order valence-electron chi connectivity index (χ2n) is 3.72. The number of alkyl halides is 3. The van der Waals surface area contributed by atoms with Crippen LogP contribution in [-0.4, -0.2) is 0 Å². The maximum atomic E-state index is 12.7. The molecule has 0 bridgehead atoms. The summed E-state index contributed by atoms with van der Waals surface area (Å²) in [7, 11) is 0. The fraction of sp³-hybridized carbons (Fsp3) is 0.333. The normalized spacial score (nSPS) is 17.3. The molecule has 2 rings (SSSR count). The Hall–Kier alpha value is -1.25. The van der Waals surface area contributed by atoms with E-state index in [1.807, 2.05) is 12.2 Å². The second kappa shape index (κ2) is 3.72. The highest BCUT2D eigenvalue weighted by molar-refractivity contribution is 5.34. The van der Waals surface area contributed by atoms with Crippen LogP contribution in [0.5, 0.6) is 0 Å². The summed E-state index contributed by atoms with van der Waals surface area (Å²) in [5.41, 5.74) is -0.0614. The van der Waals surface area contributed by atoms with Crippen LogP contribution >= 0.6 is 0 Å². The van der Waals surface area contributed by atoms with Gasteiger partial charge < -0.3 is 0 Å². The molecule has 1 aromatic carbocycles. The van der Waals surface area contributed by atoms with E-state index in [0.717, 1.165) is 6.07 Å². The van der Waals surface area contributed by atoms with Crippen molar-refractivity contribution in [2.45, 2.75) is 24.9 Å². The lowest BCUT2D eigenvalue weighted by molar-refractivity contribution is -0.138. The van der Waals surface area contributed by atoms with Crippen molar-refractivity contribution in [1.82, 2.24) is 0 Å². The van der Waals surface area contributed by atoms with Gasteiger partial charge in [-0.15, -0.1) is 0 Å². The van der Waals surface area contributed by atoms with Crippen molar-refractivity contribution >= 4 is 0 Å². The topological polar surface area (TPSA) is 0 Å². The van der Waals surface area contributed by atoms with Crippen LogP contribution in [-0.2, 0) is 6.18 Å². The van der Waals surface area contributed by atoms with Gasteiger partial charge >= 0.3 is 6.18 Å². The summed E-state index contributed by atoms with van der Waals surface area (Å²) < 4.78 is 38.0. The lowest BCUT2D eigenvalue weighted by Crippen LogP contribution is -2.10. The van der Waals surface area contributed by atoms with Gasteiger partial charge in [0.2, 0.25) is 0 Å². The summed E-state index contributed by atoms with van der Waals surface area (Å²) in [6.07, 6.45) is 1.08. The molecular formula is C12H11F3. The Morgan fingerprint density at radius 1 is 1.00 bits per heavy atom. The lowest BCUT2D eigenvalue weighted by Gasteiger charge is -2.17. The average molecular weight is 212 g/mol.